The molecule has 1 aliphatic heterocycles. The molecule has 0 spiro atoms. The van der Waals surface area contributed by atoms with Gasteiger partial charge < -0.3 is 5.32 Å². The van der Waals surface area contributed by atoms with E-state index in [2.05, 4.69) is 74.0 Å². The summed E-state index contributed by atoms with van der Waals surface area (Å²) < 4.78 is 0. The number of hydrogen-bond acceptors (Lipinski definition) is 2. The molecule has 0 radical (unpaired) electrons. The van der Waals surface area contributed by atoms with Crippen LogP contribution < -0.4 is 5.32 Å². The van der Waals surface area contributed by atoms with E-state index in [9.17, 15) is 0 Å². The third-order valence-corrected chi connectivity index (χ3v) is 4.48. The van der Waals surface area contributed by atoms with Crippen molar-refractivity contribution in [2.24, 2.45) is 0 Å². The molecule has 1 aromatic rings. The smallest absolute Gasteiger partial charge is 0.0479 e. The van der Waals surface area contributed by atoms with Gasteiger partial charge in [-0.1, -0.05) is 43.3 Å². The van der Waals surface area contributed by atoms with Crippen molar-refractivity contribution in [1.29, 1.82) is 0 Å². The van der Waals surface area contributed by atoms with Crippen molar-refractivity contribution in [2.45, 2.75) is 44.8 Å². The molecule has 3 atom stereocenters. The summed E-state index contributed by atoms with van der Waals surface area (Å²) in [6.07, 6.45) is 3.20. The van der Waals surface area contributed by atoms with Crippen molar-refractivity contribution in [2.75, 3.05) is 13.1 Å². The topological polar surface area (TPSA) is 15.3 Å². The van der Waals surface area contributed by atoms with E-state index in [1.807, 2.05) is 0 Å². The van der Waals surface area contributed by atoms with Gasteiger partial charge in [-0.05, 0) is 25.8 Å². The van der Waals surface area contributed by atoms with Crippen LogP contribution in [0, 0.1) is 0 Å². The van der Waals surface area contributed by atoms with Gasteiger partial charge in [-0.2, -0.15) is 0 Å². The van der Waals surface area contributed by atoms with Crippen LogP contribution in [0.2, 0.25) is 0 Å². The standard InChI is InChI=1S/C17H26N2/c1-5-14(3)19-13-17(4,6-2)18-12-16(19)15-10-8-7-9-11-15/h5,7-11,14,16,18H,1,6,12-13H2,2-4H3. The molecule has 0 aliphatic carbocycles. The molecule has 0 amide bonds. The molecule has 1 heterocycles. The van der Waals surface area contributed by atoms with Gasteiger partial charge >= 0.3 is 0 Å². The minimum atomic E-state index is 0.211. The molecule has 2 nitrogen and oxygen atoms in total. The highest BCUT2D eigenvalue weighted by molar-refractivity contribution is 5.21. The van der Waals surface area contributed by atoms with E-state index in [1.54, 1.807) is 0 Å². The summed E-state index contributed by atoms with van der Waals surface area (Å²) in [7, 11) is 0. The molecule has 2 heteroatoms. The quantitative estimate of drug-likeness (QED) is 0.833. The third-order valence-electron chi connectivity index (χ3n) is 4.48. The Balaban J connectivity index is 2.25. The number of benzene rings is 1. The first kappa shape index (κ1) is 14.3. The number of piperazine rings is 1. The lowest BCUT2D eigenvalue weighted by atomic mass is 9.90. The number of rotatable bonds is 4. The van der Waals surface area contributed by atoms with Gasteiger partial charge in [0.15, 0.2) is 0 Å². The average molecular weight is 258 g/mol. The minimum absolute atomic E-state index is 0.211. The summed E-state index contributed by atoms with van der Waals surface area (Å²) in [6.45, 7) is 12.9. The second kappa shape index (κ2) is 5.89. The summed E-state index contributed by atoms with van der Waals surface area (Å²) in [6, 6.07) is 11.6. The van der Waals surface area contributed by atoms with Gasteiger partial charge in [0.2, 0.25) is 0 Å². The Bertz CT molecular complexity index is 415. The fraction of sp³-hybridized carbons (Fsp3) is 0.529. The Morgan fingerprint density at radius 3 is 2.74 bits per heavy atom. The fourth-order valence-corrected chi connectivity index (χ4v) is 2.81. The normalized spacial score (nSPS) is 29.9. The molecule has 0 bridgehead atoms. The summed E-state index contributed by atoms with van der Waals surface area (Å²) in [5.74, 6) is 0. The predicted molar refractivity (Wildman–Crippen MR) is 82.2 cm³/mol. The Kier molecular flexibility index (Phi) is 4.43. The highest BCUT2D eigenvalue weighted by atomic mass is 15.3. The summed E-state index contributed by atoms with van der Waals surface area (Å²) in [5, 5.41) is 3.73. The minimum Gasteiger partial charge on any atom is -0.308 e. The van der Waals surface area contributed by atoms with Crippen LogP contribution in [0.5, 0.6) is 0 Å². The Morgan fingerprint density at radius 1 is 1.47 bits per heavy atom. The summed E-state index contributed by atoms with van der Waals surface area (Å²) in [4.78, 5) is 2.57. The van der Waals surface area contributed by atoms with E-state index in [4.69, 9.17) is 0 Å². The molecular weight excluding hydrogens is 232 g/mol. The fourth-order valence-electron chi connectivity index (χ4n) is 2.81. The van der Waals surface area contributed by atoms with E-state index >= 15 is 0 Å². The van der Waals surface area contributed by atoms with Gasteiger partial charge in [0.05, 0.1) is 0 Å². The van der Waals surface area contributed by atoms with Crippen LogP contribution in [-0.2, 0) is 0 Å². The van der Waals surface area contributed by atoms with E-state index in [1.165, 1.54) is 5.56 Å². The van der Waals surface area contributed by atoms with Crippen LogP contribution in [0.4, 0.5) is 0 Å². The molecule has 1 saturated heterocycles. The maximum atomic E-state index is 3.98. The molecule has 1 aromatic carbocycles. The van der Waals surface area contributed by atoms with Crippen molar-refractivity contribution in [3.8, 4) is 0 Å². The first-order chi connectivity index (χ1) is 9.09. The molecule has 1 fully saturated rings. The lowest BCUT2D eigenvalue weighted by molar-refractivity contribution is 0.0667. The highest BCUT2D eigenvalue weighted by Crippen LogP contribution is 2.30. The van der Waals surface area contributed by atoms with Crippen molar-refractivity contribution in [3.63, 3.8) is 0 Å². The average Bonchev–Trinajstić information content (AvgIpc) is 2.47. The summed E-state index contributed by atoms with van der Waals surface area (Å²) in [5.41, 5.74) is 1.60. The number of nitrogens with zero attached hydrogens (tertiary/aromatic N) is 1. The van der Waals surface area contributed by atoms with Gasteiger partial charge in [-0.25, -0.2) is 0 Å². The SMILES string of the molecule is C=CC(C)N1CC(C)(CC)NCC1c1ccccc1. The Hall–Kier alpha value is -1.12. The molecular formula is C17H26N2. The second-order valence-corrected chi connectivity index (χ2v) is 5.87. The molecule has 3 unspecified atom stereocenters. The van der Waals surface area contributed by atoms with Crippen LogP contribution in [0.15, 0.2) is 43.0 Å². The third kappa shape index (κ3) is 3.07. The van der Waals surface area contributed by atoms with Crippen molar-refractivity contribution < 1.29 is 0 Å². The van der Waals surface area contributed by atoms with E-state index < -0.39 is 0 Å². The van der Waals surface area contributed by atoms with E-state index in [-0.39, 0.29) is 5.54 Å². The molecule has 2 rings (SSSR count). The molecule has 0 aromatic heterocycles. The van der Waals surface area contributed by atoms with Crippen molar-refractivity contribution >= 4 is 0 Å². The molecule has 19 heavy (non-hydrogen) atoms. The zero-order valence-corrected chi connectivity index (χ0v) is 12.4. The van der Waals surface area contributed by atoms with Gasteiger partial charge in [0, 0.05) is 30.7 Å². The Labute approximate surface area is 117 Å². The molecule has 1 N–H and O–H groups in total. The Morgan fingerprint density at radius 2 is 2.16 bits per heavy atom. The monoisotopic (exact) mass is 258 g/mol. The maximum Gasteiger partial charge on any atom is 0.0479 e. The first-order valence-corrected chi connectivity index (χ1v) is 7.28. The van der Waals surface area contributed by atoms with Crippen LogP contribution in [0.3, 0.4) is 0 Å². The number of nitrogens with one attached hydrogen (secondary N) is 1. The van der Waals surface area contributed by atoms with Crippen molar-refractivity contribution in [3.05, 3.63) is 48.6 Å². The van der Waals surface area contributed by atoms with E-state index in [0.29, 0.717) is 12.1 Å². The van der Waals surface area contributed by atoms with Gasteiger partial charge in [0.1, 0.15) is 0 Å². The molecule has 1 aliphatic rings. The predicted octanol–water partition coefficient (Wildman–Crippen LogP) is 3.38. The van der Waals surface area contributed by atoms with Crippen LogP contribution in [0.1, 0.15) is 38.8 Å². The van der Waals surface area contributed by atoms with Gasteiger partial charge in [-0.3, -0.25) is 4.90 Å². The van der Waals surface area contributed by atoms with Crippen LogP contribution in [0.25, 0.3) is 0 Å². The van der Waals surface area contributed by atoms with Gasteiger partial charge in [0.25, 0.3) is 0 Å². The highest BCUT2D eigenvalue weighted by Gasteiger charge is 2.36. The summed E-state index contributed by atoms with van der Waals surface area (Å²) >= 11 is 0. The largest absolute Gasteiger partial charge is 0.308 e. The lowest BCUT2D eigenvalue weighted by Gasteiger charge is -2.48. The maximum absolute atomic E-state index is 3.98. The van der Waals surface area contributed by atoms with Crippen molar-refractivity contribution in [1.82, 2.24) is 10.2 Å². The molecule has 104 valence electrons. The van der Waals surface area contributed by atoms with Crippen LogP contribution in [-0.4, -0.2) is 29.6 Å². The van der Waals surface area contributed by atoms with Gasteiger partial charge in [-0.15, -0.1) is 6.58 Å². The molecule has 0 saturated carbocycles. The zero-order chi connectivity index (χ0) is 13.9. The number of hydrogen-bond donors (Lipinski definition) is 1. The second-order valence-electron chi connectivity index (χ2n) is 5.87. The zero-order valence-electron chi connectivity index (χ0n) is 12.4. The van der Waals surface area contributed by atoms with E-state index in [0.717, 1.165) is 19.5 Å². The van der Waals surface area contributed by atoms with Crippen LogP contribution >= 0.6 is 0 Å². The first-order valence-electron chi connectivity index (χ1n) is 7.28. The lowest BCUT2D eigenvalue weighted by Crippen LogP contribution is -2.61.